The van der Waals surface area contributed by atoms with Gasteiger partial charge >= 0.3 is 0 Å². The third kappa shape index (κ3) is 3.73. The van der Waals surface area contributed by atoms with E-state index in [0.717, 1.165) is 18.0 Å². The minimum Gasteiger partial charge on any atom is -0.493 e. The van der Waals surface area contributed by atoms with Crippen LogP contribution in [0.2, 0.25) is 0 Å². The van der Waals surface area contributed by atoms with Gasteiger partial charge in [-0.2, -0.15) is 5.10 Å². The standard InChI is InChI=1S/C15H29N3O2/c1-8-16-12(14(20-9-2)15(3,4)5)13-11(19-7)10-17-18(13)6/h10,12,14,16H,8-9H2,1-7H3. The van der Waals surface area contributed by atoms with E-state index in [-0.39, 0.29) is 17.6 Å². The molecule has 1 aromatic rings. The molecular weight excluding hydrogens is 254 g/mol. The molecule has 1 aromatic heterocycles. The summed E-state index contributed by atoms with van der Waals surface area (Å²) in [6.07, 6.45) is 1.79. The number of aromatic nitrogens is 2. The lowest BCUT2D eigenvalue weighted by atomic mass is 9.83. The number of nitrogens with zero attached hydrogens (tertiary/aromatic N) is 2. The number of hydrogen-bond acceptors (Lipinski definition) is 4. The molecule has 20 heavy (non-hydrogen) atoms. The molecule has 0 aliphatic carbocycles. The third-order valence-corrected chi connectivity index (χ3v) is 3.39. The molecule has 5 nitrogen and oxygen atoms in total. The summed E-state index contributed by atoms with van der Waals surface area (Å²) in [7, 11) is 3.62. The van der Waals surface area contributed by atoms with Gasteiger partial charge in [0.2, 0.25) is 0 Å². The van der Waals surface area contributed by atoms with Gasteiger partial charge in [-0.3, -0.25) is 4.68 Å². The van der Waals surface area contributed by atoms with E-state index in [9.17, 15) is 0 Å². The molecule has 0 radical (unpaired) electrons. The Labute approximate surface area is 122 Å². The fourth-order valence-corrected chi connectivity index (χ4v) is 2.53. The van der Waals surface area contributed by atoms with Crippen LogP contribution in [0.5, 0.6) is 5.75 Å². The first-order valence-corrected chi connectivity index (χ1v) is 7.27. The summed E-state index contributed by atoms with van der Waals surface area (Å²) >= 11 is 0. The number of rotatable bonds is 7. The lowest BCUT2D eigenvalue weighted by Crippen LogP contribution is -2.43. The van der Waals surface area contributed by atoms with E-state index in [1.54, 1.807) is 13.3 Å². The molecule has 0 aromatic carbocycles. The number of aryl methyl sites for hydroxylation is 1. The Balaban J connectivity index is 3.23. The lowest BCUT2D eigenvalue weighted by molar-refractivity contribution is -0.0383. The van der Waals surface area contributed by atoms with Gasteiger partial charge in [-0.15, -0.1) is 0 Å². The Kier molecular flexibility index (Phi) is 6.02. The normalized spacial score (nSPS) is 15.2. The van der Waals surface area contributed by atoms with Crippen LogP contribution in [0.1, 0.15) is 46.4 Å². The smallest absolute Gasteiger partial charge is 0.161 e. The second kappa shape index (κ2) is 7.09. The molecule has 2 unspecified atom stereocenters. The zero-order chi connectivity index (χ0) is 15.3. The van der Waals surface area contributed by atoms with Crippen molar-refractivity contribution in [2.75, 3.05) is 20.3 Å². The Morgan fingerprint density at radius 3 is 2.45 bits per heavy atom. The molecule has 0 spiro atoms. The zero-order valence-electron chi connectivity index (χ0n) is 13.9. The fourth-order valence-electron chi connectivity index (χ4n) is 2.53. The van der Waals surface area contributed by atoms with Crippen molar-refractivity contribution in [3.05, 3.63) is 11.9 Å². The molecule has 0 saturated heterocycles. The molecule has 0 fully saturated rings. The van der Waals surface area contributed by atoms with Gasteiger partial charge in [-0.25, -0.2) is 0 Å². The quantitative estimate of drug-likeness (QED) is 0.835. The van der Waals surface area contributed by atoms with Gasteiger partial charge in [0, 0.05) is 13.7 Å². The van der Waals surface area contributed by atoms with Gasteiger partial charge in [0.15, 0.2) is 5.75 Å². The van der Waals surface area contributed by atoms with Crippen molar-refractivity contribution in [2.24, 2.45) is 12.5 Å². The molecule has 2 atom stereocenters. The van der Waals surface area contributed by atoms with E-state index in [0.29, 0.717) is 6.61 Å². The second-order valence-corrected chi connectivity index (χ2v) is 6.00. The fraction of sp³-hybridized carbons (Fsp3) is 0.800. The van der Waals surface area contributed by atoms with Crippen LogP contribution in [0.4, 0.5) is 0 Å². The summed E-state index contributed by atoms with van der Waals surface area (Å²) in [5, 5.41) is 7.84. The summed E-state index contributed by atoms with van der Waals surface area (Å²) in [5.74, 6) is 0.799. The van der Waals surface area contributed by atoms with E-state index >= 15 is 0 Å². The SMILES string of the molecule is CCNC(c1c(OC)cnn1C)C(OCC)C(C)(C)C. The van der Waals surface area contributed by atoms with Gasteiger partial charge in [0.25, 0.3) is 0 Å². The van der Waals surface area contributed by atoms with E-state index in [2.05, 4.69) is 38.1 Å². The van der Waals surface area contributed by atoms with Crippen LogP contribution in [0.15, 0.2) is 6.20 Å². The zero-order valence-corrected chi connectivity index (χ0v) is 13.9. The van der Waals surface area contributed by atoms with Crippen LogP contribution >= 0.6 is 0 Å². The number of methoxy groups -OCH3 is 1. The molecule has 0 amide bonds. The molecule has 5 heteroatoms. The van der Waals surface area contributed by atoms with Crippen LogP contribution in [0.3, 0.4) is 0 Å². The highest BCUT2D eigenvalue weighted by atomic mass is 16.5. The van der Waals surface area contributed by atoms with Crippen molar-refractivity contribution in [3.63, 3.8) is 0 Å². The molecule has 0 aliphatic rings. The number of ether oxygens (including phenoxy) is 2. The molecule has 0 saturated carbocycles. The predicted molar refractivity (Wildman–Crippen MR) is 81.0 cm³/mol. The maximum Gasteiger partial charge on any atom is 0.161 e. The molecule has 0 bridgehead atoms. The first kappa shape index (κ1) is 17.0. The molecular formula is C15H29N3O2. The van der Waals surface area contributed by atoms with E-state index in [4.69, 9.17) is 9.47 Å². The second-order valence-electron chi connectivity index (χ2n) is 6.00. The topological polar surface area (TPSA) is 48.3 Å². The summed E-state index contributed by atoms with van der Waals surface area (Å²) < 4.78 is 13.4. The highest BCUT2D eigenvalue weighted by Gasteiger charge is 2.36. The van der Waals surface area contributed by atoms with Crippen molar-refractivity contribution >= 4 is 0 Å². The van der Waals surface area contributed by atoms with Crippen molar-refractivity contribution in [3.8, 4) is 5.75 Å². The van der Waals surface area contributed by atoms with Gasteiger partial charge in [-0.05, 0) is 18.9 Å². The number of hydrogen-bond donors (Lipinski definition) is 1. The molecule has 1 rings (SSSR count). The summed E-state index contributed by atoms with van der Waals surface area (Å²) in [4.78, 5) is 0. The Hall–Kier alpha value is -1.07. The average Bonchev–Trinajstić information content (AvgIpc) is 2.73. The third-order valence-electron chi connectivity index (χ3n) is 3.39. The van der Waals surface area contributed by atoms with Gasteiger partial charge in [0.05, 0.1) is 31.1 Å². The first-order chi connectivity index (χ1) is 9.36. The Morgan fingerprint density at radius 1 is 1.35 bits per heavy atom. The molecule has 116 valence electrons. The monoisotopic (exact) mass is 283 g/mol. The van der Waals surface area contributed by atoms with Crippen LogP contribution in [0, 0.1) is 5.41 Å². The van der Waals surface area contributed by atoms with Crippen molar-refractivity contribution < 1.29 is 9.47 Å². The largest absolute Gasteiger partial charge is 0.493 e. The summed E-state index contributed by atoms with van der Waals surface area (Å²) in [5.41, 5.74) is 1.04. The Morgan fingerprint density at radius 2 is 2.00 bits per heavy atom. The number of nitrogens with one attached hydrogen (secondary N) is 1. The van der Waals surface area contributed by atoms with Gasteiger partial charge in [-0.1, -0.05) is 27.7 Å². The maximum atomic E-state index is 6.04. The minimum absolute atomic E-state index is 0.0120. The molecule has 1 N–H and O–H groups in total. The molecule has 1 heterocycles. The van der Waals surface area contributed by atoms with Crippen LogP contribution in [0.25, 0.3) is 0 Å². The number of likely N-dealkylation sites (N-methyl/N-ethyl adjacent to an activating group) is 1. The summed E-state index contributed by atoms with van der Waals surface area (Å²) in [6, 6.07) is 0.0439. The first-order valence-electron chi connectivity index (χ1n) is 7.27. The van der Waals surface area contributed by atoms with Crippen molar-refractivity contribution in [2.45, 2.75) is 46.8 Å². The van der Waals surface area contributed by atoms with Crippen LogP contribution < -0.4 is 10.1 Å². The van der Waals surface area contributed by atoms with E-state index in [1.165, 1.54) is 0 Å². The predicted octanol–water partition coefficient (Wildman–Crippen LogP) is 2.53. The van der Waals surface area contributed by atoms with Crippen molar-refractivity contribution in [1.29, 1.82) is 0 Å². The molecule has 0 aliphatic heterocycles. The minimum atomic E-state index is 0.0120. The maximum absolute atomic E-state index is 6.04. The van der Waals surface area contributed by atoms with Crippen molar-refractivity contribution in [1.82, 2.24) is 15.1 Å². The highest BCUT2D eigenvalue weighted by molar-refractivity contribution is 5.29. The van der Waals surface area contributed by atoms with E-state index < -0.39 is 0 Å². The summed E-state index contributed by atoms with van der Waals surface area (Å²) in [6.45, 7) is 12.3. The van der Waals surface area contributed by atoms with Gasteiger partial charge in [0.1, 0.15) is 0 Å². The lowest BCUT2D eigenvalue weighted by Gasteiger charge is -2.37. The highest BCUT2D eigenvalue weighted by Crippen LogP contribution is 2.36. The average molecular weight is 283 g/mol. The van der Waals surface area contributed by atoms with E-state index in [1.807, 2.05) is 18.7 Å². The Bertz CT molecular complexity index is 410. The van der Waals surface area contributed by atoms with Crippen LogP contribution in [-0.2, 0) is 11.8 Å². The van der Waals surface area contributed by atoms with Gasteiger partial charge < -0.3 is 14.8 Å². The van der Waals surface area contributed by atoms with Crippen LogP contribution in [-0.4, -0.2) is 36.1 Å².